The van der Waals surface area contributed by atoms with Gasteiger partial charge in [0.1, 0.15) is 17.5 Å². The van der Waals surface area contributed by atoms with Gasteiger partial charge in [0.2, 0.25) is 11.8 Å². The molecule has 35 heavy (non-hydrogen) atoms. The van der Waals surface area contributed by atoms with Gasteiger partial charge in [0.05, 0.1) is 13.2 Å². The van der Waals surface area contributed by atoms with E-state index >= 15 is 0 Å². The molecule has 3 amide bonds. The molecule has 5 rings (SSSR count). The molecule has 0 aliphatic carbocycles. The third-order valence-electron chi connectivity index (χ3n) is 7.10. The number of aromatic nitrogens is 1. The summed E-state index contributed by atoms with van der Waals surface area (Å²) in [5, 5.41) is 2.34. The van der Waals surface area contributed by atoms with Crippen LogP contribution in [0.15, 0.2) is 36.5 Å². The molecule has 2 aromatic rings. The van der Waals surface area contributed by atoms with Gasteiger partial charge < -0.3 is 9.64 Å². The molecule has 4 heterocycles. The maximum atomic E-state index is 13.0. The Morgan fingerprint density at radius 2 is 1.94 bits per heavy atom. The summed E-state index contributed by atoms with van der Waals surface area (Å²) in [4.78, 5) is 45.0. The molecular formula is C27H28N4O4. The maximum Gasteiger partial charge on any atom is 0.255 e. The average Bonchev–Trinajstić information content (AvgIpc) is 3.21. The van der Waals surface area contributed by atoms with Gasteiger partial charge >= 0.3 is 0 Å². The Hall–Kier alpha value is -3.70. The van der Waals surface area contributed by atoms with E-state index in [0.29, 0.717) is 42.5 Å². The predicted molar refractivity (Wildman–Crippen MR) is 128 cm³/mol. The number of nitrogens with one attached hydrogen (secondary N) is 1. The number of nitrogens with zero attached hydrogens (tertiary/aromatic N) is 3. The zero-order valence-electron chi connectivity index (χ0n) is 19.5. The fourth-order valence-corrected chi connectivity index (χ4v) is 5.07. The molecule has 1 aromatic carbocycles. The summed E-state index contributed by atoms with van der Waals surface area (Å²) < 4.78 is 6.21. The van der Waals surface area contributed by atoms with E-state index in [4.69, 9.17) is 11.2 Å². The van der Waals surface area contributed by atoms with Crippen molar-refractivity contribution in [3.8, 4) is 18.1 Å². The first-order valence-electron chi connectivity index (χ1n) is 12.0. The molecule has 1 N–H and O–H groups in total. The molecule has 2 fully saturated rings. The molecule has 8 nitrogen and oxygen atoms in total. The number of likely N-dealkylation sites (tertiary alicyclic amines) is 1. The van der Waals surface area contributed by atoms with Gasteiger partial charge in [0, 0.05) is 30.3 Å². The molecule has 3 aliphatic rings. The zero-order valence-corrected chi connectivity index (χ0v) is 19.5. The van der Waals surface area contributed by atoms with E-state index in [9.17, 15) is 14.4 Å². The van der Waals surface area contributed by atoms with Crippen LogP contribution in [0.25, 0.3) is 0 Å². The van der Waals surface area contributed by atoms with E-state index in [-0.39, 0.29) is 18.2 Å². The van der Waals surface area contributed by atoms with Gasteiger partial charge in [-0.3, -0.25) is 24.6 Å². The molecule has 2 saturated heterocycles. The number of rotatable bonds is 6. The van der Waals surface area contributed by atoms with E-state index in [1.165, 1.54) is 0 Å². The Kier molecular flexibility index (Phi) is 6.51. The first-order valence-corrected chi connectivity index (χ1v) is 12.0. The number of ether oxygens (including phenoxy) is 1. The van der Waals surface area contributed by atoms with Gasteiger partial charge in [-0.25, -0.2) is 4.98 Å². The van der Waals surface area contributed by atoms with Gasteiger partial charge in [-0.1, -0.05) is 18.1 Å². The number of amides is 3. The summed E-state index contributed by atoms with van der Waals surface area (Å²) in [6.07, 6.45) is 9.88. The van der Waals surface area contributed by atoms with Crippen LogP contribution in [-0.4, -0.2) is 58.2 Å². The van der Waals surface area contributed by atoms with Crippen LogP contribution in [0.1, 0.15) is 52.9 Å². The van der Waals surface area contributed by atoms with Crippen molar-refractivity contribution in [3.63, 3.8) is 0 Å². The van der Waals surface area contributed by atoms with Crippen LogP contribution in [0.4, 0.5) is 0 Å². The third kappa shape index (κ3) is 4.91. The molecule has 180 valence electrons. The lowest BCUT2D eigenvalue weighted by Gasteiger charge is -2.32. The Balaban J connectivity index is 1.15. The summed E-state index contributed by atoms with van der Waals surface area (Å²) in [5.41, 5.74) is 3.21. The van der Waals surface area contributed by atoms with Crippen molar-refractivity contribution in [2.45, 2.75) is 44.8 Å². The number of hydrogen-bond donors (Lipinski definition) is 1. The number of hydrogen-bond acceptors (Lipinski definition) is 6. The minimum atomic E-state index is -0.622. The first-order chi connectivity index (χ1) is 17.0. The van der Waals surface area contributed by atoms with Crippen LogP contribution in [-0.2, 0) is 22.7 Å². The normalized spacial score (nSPS) is 20.9. The van der Waals surface area contributed by atoms with Crippen LogP contribution in [0.3, 0.4) is 0 Å². The molecule has 0 radical (unpaired) electrons. The summed E-state index contributed by atoms with van der Waals surface area (Å²) >= 11 is 0. The van der Waals surface area contributed by atoms with E-state index < -0.39 is 11.9 Å². The van der Waals surface area contributed by atoms with E-state index in [1.54, 1.807) is 11.0 Å². The quantitative estimate of drug-likeness (QED) is 0.512. The van der Waals surface area contributed by atoms with Crippen molar-refractivity contribution in [2.24, 2.45) is 5.92 Å². The second-order valence-corrected chi connectivity index (χ2v) is 9.41. The number of carbonyl (C=O) groups is 3. The lowest BCUT2D eigenvalue weighted by Crippen LogP contribution is -2.52. The topological polar surface area (TPSA) is 91.8 Å². The van der Waals surface area contributed by atoms with Crippen molar-refractivity contribution >= 4 is 17.7 Å². The largest absolute Gasteiger partial charge is 0.493 e. The van der Waals surface area contributed by atoms with Gasteiger partial charge in [0.15, 0.2) is 0 Å². The summed E-state index contributed by atoms with van der Waals surface area (Å²) in [5.74, 6) is 2.81. The molecule has 0 spiro atoms. The lowest BCUT2D eigenvalue weighted by atomic mass is 9.97. The molecule has 0 bridgehead atoms. The highest BCUT2D eigenvalue weighted by Crippen LogP contribution is 2.34. The van der Waals surface area contributed by atoms with E-state index in [0.717, 1.165) is 43.6 Å². The average molecular weight is 473 g/mol. The second kappa shape index (κ2) is 9.88. The molecule has 3 aliphatic heterocycles. The Morgan fingerprint density at radius 3 is 2.66 bits per heavy atom. The Bertz CT molecular complexity index is 1180. The number of pyridine rings is 1. The fraction of sp³-hybridized carbons (Fsp3) is 0.407. The maximum absolute atomic E-state index is 13.0. The van der Waals surface area contributed by atoms with Crippen LogP contribution >= 0.6 is 0 Å². The molecular weight excluding hydrogens is 444 g/mol. The first kappa shape index (κ1) is 23.1. The molecule has 1 unspecified atom stereocenters. The van der Waals surface area contributed by atoms with E-state index in [1.807, 2.05) is 30.5 Å². The SMILES string of the molecule is C#Cc1ccc(CN2CCC(COc3cccc4c3CN(C3CCC(=O)NC3=O)C4=O)CC2)cn1. The van der Waals surface area contributed by atoms with Gasteiger partial charge in [0.25, 0.3) is 5.91 Å². The summed E-state index contributed by atoms with van der Waals surface area (Å²) in [7, 11) is 0. The highest BCUT2D eigenvalue weighted by molar-refractivity contribution is 6.05. The Morgan fingerprint density at radius 1 is 1.11 bits per heavy atom. The summed E-state index contributed by atoms with van der Waals surface area (Å²) in [6, 6.07) is 8.78. The second-order valence-electron chi connectivity index (χ2n) is 9.41. The highest BCUT2D eigenvalue weighted by atomic mass is 16.5. The Labute approximate surface area is 204 Å². The van der Waals surface area contributed by atoms with Crippen molar-refractivity contribution in [3.05, 3.63) is 58.9 Å². The number of terminal acetylenes is 1. The van der Waals surface area contributed by atoms with Crippen LogP contribution < -0.4 is 10.1 Å². The third-order valence-corrected chi connectivity index (χ3v) is 7.10. The number of benzene rings is 1. The monoisotopic (exact) mass is 472 g/mol. The van der Waals surface area contributed by atoms with Gasteiger partial charge in [-0.15, -0.1) is 6.42 Å². The molecule has 8 heteroatoms. The van der Waals surface area contributed by atoms with Crippen LogP contribution in [0, 0.1) is 18.3 Å². The smallest absolute Gasteiger partial charge is 0.255 e. The number of fused-ring (bicyclic) bond motifs is 1. The minimum Gasteiger partial charge on any atom is -0.493 e. The zero-order chi connectivity index (χ0) is 24.4. The minimum absolute atomic E-state index is 0.182. The highest BCUT2D eigenvalue weighted by Gasteiger charge is 2.40. The van der Waals surface area contributed by atoms with Crippen molar-refractivity contribution < 1.29 is 19.1 Å². The fourth-order valence-electron chi connectivity index (χ4n) is 5.07. The lowest BCUT2D eigenvalue weighted by molar-refractivity contribution is -0.136. The molecule has 0 saturated carbocycles. The number of imide groups is 1. The van der Waals surface area contributed by atoms with Crippen molar-refractivity contribution in [1.29, 1.82) is 0 Å². The van der Waals surface area contributed by atoms with Crippen LogP contribution in [0.2, 0.25) is 0 Å². The van der Waals surface area contributed by atoms with Gasteiger partial charge in [-0.05, 0) is 62.0 Å². The number of carbonyl (C=O) groups excluding carboxylic acids is 3. The van der Waals surface area contributed by atoms with Gasteiger partial charge in [-0.2, -0.15) is 0 Å². The summed E-state index contributed by atoms with van der Waals surface area (Å²) in [6.45, 7) is 3.74. The number of piperidine rings is 2. The van der Waals surface area contributed by atoms with Crippen LogP contribution in [0.5, 0.6) is 5.75 Å². The predicted octanol–water partition coefficient (Wildman–Crippen LogP) is 2.11. The molecule has 1 aromatic heterocycles. The van der Waals surface area contributed by atoms with Crippen molar-refractivity contribution in [1.82, 2.24) is 20.1 Å². The van der Waals surface area contributed by atoms with E-state index in [2.05, 4.69) is 21.1 Å². The standard InChI is InChI=1S/C27H28N4O4/c1-2-20-7-6-19(14-28-20)15-30-12-10-18(11-13-30)17-35-24-5-3-4-21-22(24)16-31(27(21)34)23-8-9-25(32)29-26(23)33/h1,3-7,14,18,23H,8-13,15-17H2,(H,29,32,33). The molecule has 1 atom stereocenters. The van der Waals surface area contributed by atoms with Crippen molar-refractivity contribution in [2.75, 3.05) is 19.7 Å².